The van der Waals surface area contributed by atoms with E-state index in [9.17, 15) is 18.0 Å². The smallest absolute Gasteiger partial charge is 0.382 e. The molecule has 14 heteroatoms. The van der Waals surface area contributed by atoms with Crippen molar-refractivity contribution in [3.05, 3.63) is 59.7 Å². The number of pyridine rings is 2. The maximum Gasteiger partial charge on any atom is 0.416 e. The molecular formula is C23H24F3N9O2. The summed E-state index contributed by atoms with van der Waals surface area (Å²) in [5, 5.41) is 12.0. The highest BCUT2D eigenvalue weighted by molar-refractivity contribution is 6.05. The average Bonchev–Trinajstić information content (AvgIpc) is 3.29. The van der Waals surface area contributed by atoms with Crippen LogP contribution in [0.3, 0.4) is 0 Å². The Morgan fingerprint density at radius 3 is 2.62 bits per heavy atom. The molecule has 11 nitrogen and oxygen atoms in total. The Kier molecular flexibility index (Phi) is 7.79. The molecule has 0 aromatic carbocycles. The van der Waals surface area contributed by atoms with E-state index in [0.717, 1.165) is 43.5 Å². The van der Waals surface area contributed by atoms with Crippen LogP contribution >= 0.6 is 0 Å². The number of aromatic amines is 1. The molecule has 1 aliphatic heterocycles. The molecule has 6 N–H and O–H groups in total. The Labute approximate surface area is 209 Å². The van der Waals surface area contributed by atoms with Gasteiger partial charge in [0.1, 0.15) is 23.8 Å². The molecule has 4 rings (SSSR count). The second kappa shape index (κ2) is 11.2. The van der Waals surface area contributed by atoms with Crippen molar-refractivity contribution in [3.8, 4) is 11.1 Å². The van der Waals surface area contributed by atoms with Gasteiger partial charge in [0.05, 0.1) is 24.5 Å². The summed E-state index contributed by atoms with van der Waals surface area (Å²) < 4.78 is 44.0. The van der Waals surface area contributed by atoms with Crippen molar-refractivity contribution >= 4 is 29.8 Å². The van der Waals surface area contributed by atoms with Gasteiger partial charge in [0.2, 0.25) is 0 Å². The number of hydrogen-bond acceptors (Lipinski definition) is 6. The van der Waals surface area contributed by atoms with Crippen molar-refractivity contribution in [3.63, 3.8) is 0 Å². The van der Waals surface area contributed by atoms with Crippen LogP contribution in [0.25, 0.3) is 11.1 Å². The molecule has 0 atom stereocenters. The number of amides is 2. The normalized spacial score (nSPS) is 14.8. The van der Waals surface area contributed by atoms with Crippen LogP contribution in [0, 0.1) is 5.41 Å². The fraction of sp³-hybridized carbons (Fsp3) is 0.261. The number of amidine groups is 1. The lowest BCUT2D eigenvalue weighted by molar-refractivity contribution is -0.137. The van der Waals surface area contributed by atoms with Gasteiger partial charge in [-0.3, -0.25) is 20.9 Å². The molecule has 0 spiro atoms. The van der Waals surface area contributed by atoms with E-state index >= 15 is 0 Å². The first-order chi connectivity index (χ1) is 17.7. The lowest BCUT2D eigenvalue weighted by Crippen LogP contribution is -2.35. The quantitative estimate of drug-likeness (QED) is 0.240. The number of morpholine rings is 1. The molecule has 37 heavy (non-hydrogen) atoms. The SMILES string of the molecule is N=C/N=C(/N)c1[nH]c(CN2CCOCC2)cc1-c1ccc(NC(=O)Nc2cc(C(F)(F)F)ccn2)nc1. The van der Waals surface area contributed by atoms with Crippen LogP contribution in [0.15, 0.2) is 47.7 Å². The molecule has 194 valence electrons. The number of rotatable bonds is 7. The fourth-order valence-corrected chi connectivity index (χ4v) is 3.73. The van der Waals surface area contributed by atoms with Crippen LogP contribution in [0.1, 0.15) is 17.0 Å². The van der Waals surface area contributed by atoms with Crippen LogP contribution in [-0.2, 0) is 17.5 Å². The minimum atomic E-state index is -4.56. The number of urea groups is 1. The fourth-order valence-electron chi connectivity index (χ4n) is 3.73. The molecule has 1 aliphatic rings. The summed E-state index contributed by atoms with van der Waals surface area (Å²) >= 11 is 0. The molecule has 0 saturated carbocycles. The van der Waals surface area contributed by atoms with Crippen molar-refractivity contribution in [1.82, 2.24) is 19.9 Å². The minimum absolute atomic E-state index is 0.133. The second-order valence-electron chi connectivity index (χ2n) is 8.05. The van der Waals surface area contributed by atoms with Crippen molar-refractivity contribution < 1.29 is 22.7 Å². The number of hydrogen-bond donors (Lipinski definition) is 5. The van der Waals surface area contributed by atoms with E-state index in [2.05, 4.69) is 35.5 Å². The standard InChI is InChI=1S/C23H24F3N9O2/c24-23(25,26)15-3-4-29-19(9-15)34-22(36)33-18-2-1-14(11-30-18)17-10-16(12-35-5-7-37-8-6-35)32-20(17)21(28)31-13-27/h1-4,9-11,13,32H,5-8,12H2,(H3,27,28,31)(H2,29,30,33,34,36). The van der Waals surface area contributed by atoms with E-state index in [1.54, 1.807) is 6.07 Å². The Morgan fingerprint density at radius 2 is 1.95 bits per heavy atom. The highest BCUT2D eigenvalue weighted by atomic mass is 19.4. The Bertz CT molecular complexity index is 1280. The Balaban J connectivity index is 1.48. The largest absolute Gasteiger partial charge is 0.416 e. The maximum absolute atomic E-state index is 12.9. The van der Waals surface area contributed by atoms with E-state index in [1.807, 2.05) is 6.07 Å². The number of carbonyl (C=O) groups is 1. The van der Waals surface area contributed by atoms with Gasteiger partial charge in [-0.05, 0) is 30.3 Å². The number of carbonyl (C=O) groups excluding carboxylic acids is 1. The van der Waals surface area contributed by atoms with Gasteiger partial charge in [0.15, 0.2) is 0 Å². The zero-order chi connectivity index (χ0) is 26.4. The number of ether oxygens (including phenoxy) is 1. The van der Waals surface area contributed by atoms with Gasteiger partial charge in [-0.25, -0.2) is 19.8 Å². The molecule has 0 radical (unpaired) electrons. The number of halogens is 3. The third-order valence-electron chi connectivity index (χ3n) is 5.48. The van der Waals surface area contributed by atoms with Crippen molar-refractivity contribution in [2.75, 3.05) is 36.9 Å². The van der Waals surface area contributed by atoms with Gasteiger partial charge < -0.3 is 15.5 Å². The van der Waals surface area contributed by atoms with Gasteiger partial charge >= 0.3 is 12.2 Å². The van der Waals surface area contributed by atoms with Gasteiger partial charge in [-0.15, -0.1) is 0 Å². The molecule has 1 saturated heterocycles. The molecular weight excluding hydrogens is 491 g/mol. The summed E-state index contributed by atoms with van der Waals surface area (Å²) in [6.07, 6.45) is -1.23. The molecule has 3 aromatic rings. The molecule has 1 fully saturated rings. The Morgan fingerprint density at radius 1 is 1.19 bits per heavy atom. The van der Waals surface area contributed by atoms with Gasteiger partial charge in [-0.1, -0.05) is 0 Å². The van der Waals surface area contributed by atoms with Crippen LogP contribution in [0.5, 0.6) is 0 Å². The number of aliphatic imine (C=N–C) groups is 1. The highest BCUT2D eigenvalue weighted by Crippen LogP contribution is 2.30. The van der Waals surface area contributed by atoms with Gasteiger partial charge in [0, 0.05) is 48.8 Å². The monoisotopic (exact) mass is 515 g/mol. The first-order valence-electron chi connectivity index (χ1n) is 11.1. The van der Waals surface area contributed by atoms with Gasteiger partial charge in [0.25, 0.3) is 0 Å². The molecule has 4 heterocycles. The van der Waals surface area contributed by atoms with Crippen LogP contribution in [0.2, 0.25) is 0 Å². The van der Waals surface area contributed by atoms with Crippen molar-refractivity contribution in [1.29, 1.82) is 5.41 Å². The number of H-pyrrole nitrogens is 1. The predicted molar refractivity (Wildman–Crippen MR) is 132 cm³/mol. The predicted octanol–water partition coefficient (Wildman–Crippen LogP) is 3.28. The highest BCUT2D eigenvalue weighted by Gasteiger charge is 2.30. The summed E-state index contributed by atoms with van der Waals surface area (Å²) in [7, 11) is 0. The van der Waals surface area contributed by atoms with Crippen molar-refractivity contribution in [2.45, 2.75) is 12.7 Å². The van der Waals surface area contributed by atoms with E-state index in [-0.39, 0.29) is 17.5 Å². The number of alkyl halides is 3. The third-order valence-corrected chi connectivity index (χ3v) is 5.48. The summed E-state index contributed by atoms with van der Waals surface area (Å²) in [4.78, 5) is 29.6. The average molecular weight is 516 g/mol. The first-order valence-corrected chi connectivity index (χ1v) is 11.1. The second-order valence-corrected chi connectivity index (χ2v) is 8.05. The molecule has 0 unspecified atom stereocenters. The number of aromatic nitrogens is 3. The number of nitrogens with two attached hydrogens (primary N) is 1. The molecule has 0 bridgehead atoms. The summed E-state index contributed by atoms with van der Waals surface area (Å²) in [5.74, 6) is 0.0445. The molecule has 0 aliphatic carbocycles. The van der Waals surface area contributed by atoms with E-state index in [4.69, 9.17) is 15.9 Å². The topological polar surface area (TPSA) is 157 Å². The van der Waals surface area contributed by atoms with E-state index in [0.29, 0.717) is 36.6 Å². The number of nitrogens with zero attached hydrogens (tertiary/aromatic N) is 4. The van der Waals surface area contributed by atoms with Crippen molar-refractivity contribution in [2.24, 2.45) is 10.7 Å². The maximum atomic E-state index is 12.9. The first kappa shape index (κ1) is 25.8. The Hall–Kier alpha value is -4.30. The number of nitrogens with one attached hydrogen (secondary N) is 4. The van der Waals surface area contributed by atoms with Gasteiger partial charge in [-0.2, -0.15) is 13.2 Å². The summed E-state index contributed by atoms with van der Waals surface area (Å²) in [6, 6.07) is 5.91. The summed E-state index contributed by atoms with van der Waals surface area (Å²) in [5.41, 5.74) is 7.95. The van der Waals surface area contributed by atoms with E-state index < -0.39 is 17.8 Å². The lowest BCUT2D eigenvalue weighted by atomic mass is 10.1. The molecule has 3 aromatic heterocycles. The molecule has 2 amide bonds. The third kappa shape index (κ3) is 6.68. The summed E-state index contributed by atoms with van der Waals surface area (Å²) in [6.45, 7) is 3.56. The minimum Gasteiger partial charge on any atom is -0.382 e. The van der Waals surface area contributed by atoms with Crippen LogP contribution < -0.4 is 16.4 Å². The number of anilines is 2. The zero-order valence-corrected chi connectivity index (χ0v) is 19.5. The lowest BCUT2D eigenvalue weighted by Gasteiger charge is -2.25. The van der Waals surface area contributed by atoms with E-state index in [1.165, 1.54) is 12.3 Å². The van der Waals surface area contributed by atoms with Crippen LogP contribution in [0.4, 0.5) is 29.6 Å². The van der Waals surface area contributed by atoms with Crippen LogP contribution in [-0.4, -0.2) is 64.4 Å². The zero-order valence-electron chi connectivity index (χ0n) is 19.5.